The van der Waals surface area contributed by atoms with Crippen molar-refractivity contribution in [2.24, 2.45) is 0 Å². The van der Waals surface area contributed by atoms with Crippen LogP contribution in [0, 0.1) is 11.8 Å². The minimum absolute atomic E-state index is 0.0734. The van der Waals surface area contributed by atoms with Gasteiger partial charge in [-0.2, -0.15) is 0 Å². The maximum atomic E-state index is 11.4. The zero-order valence-electron chi connectivity index (χ0n) is 10.4. The van der Waals surface area contributed by atoms with E-state index < -0.39 is 16.1 Å². The number of hydrogen-bond acceptors (Lipinski definition) is 4. The molecule has 6 heteroatoms. The fourth-order valence-electron chi connectivity index (χ4n) is 1.48. The molecule has 104 valence electrons. The SMILES string of the molecule is O=C(Cl)c1cccc(C#Cc2ccc(C(=O)Cl)c(=O)o2)c1. The lowest BCUT2D eigenvalue weighted by Crippen LogP contribution is -2.10. The average molecular weight is 321 g/mol. The number of carbonyl (C=O) groups is 2. The summed E-state index contributed by atoms with van der Waals surface area (Å²) in [4.78, 5) is 33.3. The second-order valence-electron chi connectivity index (χ2n) is 3.88. The van der Waals surface area contributed by atoms with Crippen LogP contribution in [0.15, 0.2) is 45.6 Å². The largest absolute Gasteiger partial charge is 0.413 e. The number of hydrogen-bond donors (Lipinski definition) is 0. The molecular weight excluding hydrogens is 315 g/mol. The Labute approximate surface area is 129 Å². The molecule has 1 aromatic carbocycles. The first kappa shape index (κ1) is 15.0. The van der Waals surface area contributed by atoms with Gasteiger partial charge >= 0.3 is 5.63 Å². The molecule has 4 nitrogen and oxygen atoms in total. The summed E-state index contributed by atoms with van der Waals surface area (Å²) >= 11 is 10.6. The van der Waals surface area contributed by atoms with E-state index in [9.17, 15) is 14.4 Å². The van der Waals surface area contributed by atoms with Crippen molar-refractivity contribution in [1.82, 2.24) is 0 Å². The van der Waals surface area contributed by atoms with Gasteiger partial charge in [0.05, 0.1) is 0 Å². The highest BCUT2D eigenvalue weighted by molar-refractivity contribution is 6.68. The van der Waals surface area contributed by atoms with Crippen molar-refractivity contribution in [3.05, 3.63) is 69.3 Å². The lowest BCUT2D eigenvalue weighted by Gasteiger charge is -1.94. The van der Waals surface area contributed by atoms with Crippen molar-refractivity contribution in [2.45, 2.75) is 0 Å². The van der Waals surface area contributed by atoms with Gasteiger partial charge in [0.2, 0.25) is 0 Å². The highest BCUT2D eigenvalue weighted by Gasteiger charge is 2.08. The second kappa shape index (κ2) is 6.40. The zero-order chi connectivity index (χ0) is 15.4. The van der Waals surface area contributed by atoms with Crippen LogP contribution in [0.3, 0.4) is 0 Å². The minimum atomic E-state index is -0.892. The van der Waals surface area contributed by atoms with E-state index in [1.807, 2.05) is 0 Å². The molecular formula is C15H6Cl2O4. The summed E-state index contributed by atoms with van der Waals surface area (Å²) in [6, 6.07) is 8.97. The van der Waals surface area contributed by atoms with Crippen LogP contribution in [0.2, 0.25) is 0 Å². The normalized spacial score (nSPS) is 9.62. The van der Waals surface area contributed by atoms with Crippen molar-refractivity contribution in [2.75, 3.05) is 0 Å². The summed E-state index contributed by atoms with van der Waals surface area (Å²) in [6.07, 6.45) is 0. The van der Waals surface area contributed by atoms with Crippen molar-refractivity contribution < 1.29 is 14.0 Å². The van der Waals surface area contributed by atoms with Crippen LogP contribution >= 0.6 is 23.2 Å². The van der Waals surface area contributed by atoms with Crippen LogP contribution in [0.25, 0.3) is 0 Å². The molecule has 0 atom stereocenters. The van der Waals surface area contributed by atoms with E-state index in [1.54, 1.807) is 18.2 Å². The molecule has 1 heterocycles. The molecule has 0 fully saturated rings. The Balaban J connectivity index is 2.33. The molecule has 0 saturated heterocycles. The van der Waals surface area contributed by atoms with Gasteiger partial charge in [-0.25, -0.2) is 4.79 Å². The lowest BCUT2D eigenvalue weighted by atomic mass is 10.1. The van der Waals surface area contributed by atoms with E-state index in [4.69, 9.17) is 27.6 Å². The van der Waals surface area contributed by atoms with E-state index in [0.717, 1.165) is 0 Å². The maximum absolute atomic E-state index is 11.4. The maximum Gasteiger partial charge on any atom is 0.349 e. The third-order valence-corrected chi connectivity index (χ3v) is 2.88. The van der Waals surface area contributed by atoms with Crippen molar-refractivity contribution >= 4 is 33.7 Å². The predicted molar refractivity (Wildman–Crippen MR) is 77.8 cm³/mol. The van der Waals surface area contributed by atoms with Crippen LogP contribution in [0.5, 0.6) is 0 Å². The van der Waals surface area contributed by atoms with Crippen LogP contribution in [0.4, 0.5) is 0 Å². The van der Waals surface area contributed by atoms with Crippen LogP contribution in [-0.4, -0.2) is 10.5 Å². The van der Waals surface area contributed by atoms with Crippen molar-refractivity contribution in [1.29, 1.82) is 0 Å². The van der Waals surface area contributed by atoms with Crippen LogP contribution in [0.1, 0.15) is 32.0 Å². The van der Waals surface area contributed by atoms with E-state index in [1.165, 1.54) is 18.2 Å². The lowest BCUT2D eigenvalue weighted by molar-refractivity contribution is 0.107. The van der Waals surface area contributed by atoms with E-state index in [0.29, 0.717) is 11.1 Å². The smallest absolute Gasteiger partial charge is 0.349 e. The molecule has 0 radical (unpaired) electrons. The first-order chi connectivity index (χ1) is 9.97. The molecule has 0 N–H and O–H groups in total. The Hall–Kier alpha value is -2.35. The van der Waals surface area contributed by atoms with E-state index >= 15 is 0 Å². The Kier molecular flexibility index (Phi) is 4.59. The van der Waals surface area contributed by atoms with Gasteiger partial charge in [0.1, 0.15) is 5.56 Å². The Bertz CT molecular complexity index is 840. The van der Waals surface area contributed by atoms with Gasteiger partial charge in [-0.1, -0.05) is 18.1 Å². The molecule has 0 spiro atoms. The molecule has 0 bridgehead atoms. The monoisotopic (exact) mass is 320 g/mol. The van der Waals surface area contributed by atoms with Gasteiger partial charge in [-0.05, 0) is 53.4 Å². The van der Waals surface area contributed by atoms with Gasteiger partial charge in [0.15, 0.2) is 5.76 Å². The fourth-order valence-corrected chi connectivity index (χ4v) is 1.74. The number of rotatable bonds is 2. The summed E-state index contributed by atoms with van der Waals surface area (Å²) in [5, 5.41) is -1.48. The molecule has 0 amide bonds. The molecule has 1 aromatic heterocycles. The number of halogens is 2. The van der Waals surface area contributed by atoms with Gasteiger partial charge in [0, 0.05) is 11.1 Å². The Morgan fingerprint density at radius 2 is 1.76 bits per heavy atom. The quantitative estimate of drug-likeness (QED) is 0.630. The zero-order valence-corrected chi connectivity index (χ0v) is 11.9. The third-order valence-electron chi connectivity index (χ3n) is 2.46. The fraction of sp³-hybridized carbons (Fsp3) is 0. The summed E-state index contributed by atoms with van der Waals surface area (Å²) in [6.45, 7) is 0. The van der Waals surface area contributed by atoms with Gasteiger partial charge in [-0.15, -0.1) is 0 Å². The average Bonchev–Trinajstić information content (AvgIpc) is 2.45. The molecule has 0 saturated carbocycles. The Morgan fingerprint density at radius 3 is 2.38 bits per heavy atom. The molecule has 0 aliphatic rings. The van der Waals surface area contributed by atoms with Crippen LogP contribution < -0.4 is 5.63 Å². The summed E-state index contributed by atoms with van der Waals surface area (Å²) in [5.41, 5.74) is -0.266. The summed E-state index contributed by atoms with van der Waals surface area (Å²) in [5.74, 6) is 5.40. The van der Waals surface area contributed by atoms with E-state index in [2.05, 4.69) is 11.8 Å². The van der Waals surface area contributed by atoms with Crippen molar-refractivity contribution in [3.63, 3.8) is 0 Å². The number of benzene rings is 1. The standard InChI is InChI=1S/C15H6Cl2O4/c16-13(18)10-3-1-2-9(8-10)4-5-11-6-7-12(14(17)19)15(20)21-11/h1-3,6-8H. The molecule has 0 unspecified atom stereocenters. The molecule has 21 heavy (non-hydrogen) atoms. The second-order valence-corrected chi connectivity index (χ2v) is 4.57. The molecule has 2 rings (SSSR count). The topological polar surface area (TPSA) is 64.3 Å². The van der Waals surface area contributed by atoms with Crippen LogP contribution in [-0.2, 0) is 0 Å². The molecule has 0 aliphatic heterocycles. The molecule has 0 aliphatic carbocycles. The van der Waals surface area contributed by atoms with E-state index in [-0.39, 0.29) is 11.3 Å². The highest BCUT2D eigenvalue weighted by Crippen LogP contribution is 2.07. The first-order valence-corrected chi connectivity index (χ1v) is 6.39. The highest BCUT2D eigenvalue weighted by atomic mass is 35.5. The van der Waals surface area contributed by atoms with Gasteiger partial charge < -0.3 is 4.42 Å². The van der Waals surface area contributed by atoms with Gasteiger partial charge in [-0.3, -0.25) is 9.59 Å². The molecule has 2 aromatic rings. The Morgan fingerprint density at radius 1 is 1.00 bits per heavy atom. The van der Waals surface area contributed by atoms with Gasteiger partial charge in [0.25, 0.3) is 10.5 Å². The first-order valence-electron chi connectivity index (χ1n) is 5.63. The summed E-state index contributed by atoms with van der Waals surface area (Å²) in [7, 11) is 0. The summed E-state index contributed by atoms with van der Waals surface area (Å²) < 4.78 is 4.84. The van der Waals surface area contributed by atoms with Crippen molar-refractivity contribution in [3.8, 4) is 11.8 Å². The minimum Gasteiger partial charge on any atom is -0.413 e. The number of carbonyl (C=O) groups excluding carboxylic acids is 2. The third kappa shape index (κ3) is 3.82. The predicted octanol–water partition coefficient (Wildman–Crippen LogP) is 2.80.